The van der Waals surface area contributed by atoms with Crippen LogP contribution in [0.1, 0.15) is 35.4 Å². The first kappa shape index (κ1) is 31.4. The number of pyridine rings is 2. The molecule has 0 aromatic carbocycles. The van der Waals surface area contributed by atoms with Gasteiger partial charge in [-0.05, 0) is 48.9 Å². The summed E-state index contributed by atoms with van der Waals surface area (Å²) >= 11 is 5.30. The number of nitrogens with one attached hydrogen (secondary N) is 2. The Hall–Kier alpha value is 0.239. The summed E-state index contributed by atoms with van der Waals surface area (Å²) in [4.78, 5) is 12.0. The molecule has 2 aliphatic heterocycles. The van der Waals surface area contributed by atoms with Gasteiger partial charge in [0.15, 0.2) is 0 Å². The third-order valence-electron chi connectivity index (χ3n) is 4.20. The van der Waals surface area contributed by atoms with Gasteiger partial charge >= 0.3 is 0 Å². The first-order valence-corrected chi connectivity index (χ1v) is 11.3. The van der Waals surface area contributed by atoms with Crippen LogP contribution in [0.4, 0.5) is 11.6 Å². The monoisotopic (exact) mass is 648 g/mol. The Bertz CT molecular complexity index is 651. The molecule has 5 nitrogen and oxygen atoms in total. The van der Waals surface area contributed by atoms with Gasteiger partial charge in [0.05, 0.1) is 18.0 Å². The number of aromatic nitrogens is 2. The van der Waals surface area contributed by atoms with E-state index in [-0.39, 0.29) is 51.1 Å². The number of anilines is 2. The van der Waals surface area contributed by atoms with Crippen LogP contribution in [0, 0.1) is 12.4 Å². The molecule has 4 rings (SSSR count). The molecular weight excluding hydrogens is 621 g/mol. The molecule has 160 valence electrons. The fourth-order valence-corrected chi connectivity index (χ4v) is 3.21. The summed E-state index contributed by atoms with van der Waals surface area (Å²) in [5.74, 6) is 2.03. The van der Waals surface area contributed by atoms with Crippen molar-refractivity contribution >= 4 is 50.2 Å². The fourth-order valence-electron chi connectivity index (χ4n) is 2.90. The molecule has 0 atom stereocenters. The summed E-state index contributed by atoms with van der Waals surface area (Å²) < 4.78 is 0. The Balaban J connectivity index is 0. The summed E-state index contributed by atoms with van der Waals surface area (Å²) in [5, 5.41) is 16.2. The van der Waals surface area contributed by atoms with E-state index in [9.17, 15) is 0 Å². The molecular formula is C20H28BrIN4OV2-2. The van der Waals surface area contributed by atoms with Gasteiger partial charge in [0.2, 0.25) is 0 Å². The van der Waals surface area contributed by atoms with Crippen molar-refractivity contribution in [2.75, 3.05) is 23.7 Å². The number of rotatable bonds is 2. The average molecular weight is 649 g/mol. The largest absolute Gasteiger partial charge is 0.390 e. The number of fused-ring (bicyclic) bond motifs is 2. The molecule has 2 aromatic heterocycles. The van der Waals surface area contributed by atoms with E-state index in [0.717, 1.165) is 54.3 Å². The molecule has 2 aromatic rings. The smallest absolute Gasteiger partial charge is 0.129 e. The number of nitrogens with zero attached hydrogens (tertiary/aromatic N) is 2. The number of halogens is 2. The van der Waals surface area contributed by atoms with Crippen molar-refractivity contribution in [3.63, 3.8) is 0 Å². The van der Waals surface area contributed by atoms with Crippen molar-refractivity contribution in [2.24, 2.45) is 0 Å². The molecule has 9 heteroatoms. The van der Waals surface area contributed by atoms with Gasteiger partial charge in [0.1, 0.15) is 11.6 Å². The number of aryl methyl sites for hydroxylation is 2. The molecule has 2 radical (unpaired) electrons. The minimum absolute atomic E-state index is 0. The second-order valence-electron chi connectivity index (χ2n) is 5.97. The first-order chi connectivity index (χ1) is 12.8. The van der Waals surface area contributed by atoms with Crippen LogP contribution in [0.15, 0.2) is 24.3 Å². The van der Waals surface area contributed by atoms with Gasteiger partial charge in [-0.2, -0.15) is 0 Å². The standard InChI is InChI=1S/C9H11BrN2.C9H12N2O.CH2I.CH3.2V/c10-6-8-4-3-7-2-1-5-11-9(7)12-8;12-6-8-4-3-7-2-1-5-10-9(7)11-8;1-2;;;/h3-4H,1-2,5-6H2,(H,11,12);3-4,12H,1-2,5-6H2,(H,10,11);1H2;1H3;;/q;;2*-1;;. The van der Waals surface area contributed by atoms with Crippen LogP contribution >= 0.6 is 38.5 Å². The number of aliphatic hydroxyl groups excluding tert-OH is 1. The van der Waals surface area contributed by atoms with E-state index in [1.165, 1.54) is 24.0 Å². The molecule has 4 heterocycles. The Morgan fingerprint density at radius 1 is 0.897 bits per heavy atom. The van der Waals surface area contributed by atoms with Crippen LogP contribution in [-0.2, 0) is 61.9 Å². The summed E-state index contributed by atoms with van der Waals surface area (Å²) in [6.07, 6.45) is 4.66. The quantitative estimate of drug-likeness (QED) is 0.245. The molecule has 2 aliphatic rings. The Labute approximate surface area is 221 Å². The van der Waals surface area contributed by atoms with E-state index in [4.69, 9.17) is 5.11 Å². The molecule has 0 unspecified atom stereocenters. The predicted octanol–water partition coefficient (Wildman–Crippen LogP) is 4.92. The van der Waals surface area contributed by atoms with E-state index in [2.05, 4.69) is 53.6 Å². The maximum Gasteiger partial charge on any atom is 0.129 e. The van der Waals surface area contributed by atoms with E-state index in [0.29, 0.717) is 0 Å². The van der Waals surface area contributed by atoms with Crippen molar-refractivity contribution in [1.82, 2.24) is 9.97 Å². The molecule has 0 saturated carbocycles. The van der Waals surface area contributed by atoms with Crippen LogP contribution in [0.3, 0.4) is 0 Å². The number of aliphatic hydroxyl groups is 1. The predicted molar refractivity (Wildman–Crippen MR) is 126 cm³/mol. The minimum atomic E-state index is 0. The SMILES string of the molecule is BrCc1ccc2c(n1)NCCC2.OCc1ccc2c(n1)NCCC2.[CH2-]I.[CH3-].[V].[V]. The van der Waals surface area contributed by atoms with E-state index < -0.39 is 0 Å². The first-order valence-electron chi connectivity index (χ1n) is 8.69. The molecule has 0 fully saturated rings. The van der Waals surface area contributed by atoms with E-state index in [1.807, 2.05) is 34.7 Å². The van der Waals surface area contributed by atoms with Gasteiger partial charge in [-0.25, -0.2) is 9.97 Å². The molecule has 0 spiro atoms. The zero-order valence-electron chi connectivity index (χ0n) is 16.7. The molecule has 0 amide bonds. The van der Waals surface area contributed by atoms with Crippen LogP contribution < -0.4 is 10.6 Å². The van der Waals surface area contributed by atoms with E-state index in [1.54, 1.807) is 0 Å². The second kappa shape index (κ2) is 17.9. The van der Waals surface area contributed by atoms with Gasteiger partial charge < -0.3 is 45.8 Å². The maximum absolute atomic E-state index is 8.85. The third-order valence-corrected chi connectivity index (χ3v) is 4.78. The van der Waals surface area contributed by atoms with Gasteiger partial charge in [-0.3, -0.25) is 4.93 Å². The van der Waals surface area contributed by atoms with Crippen molar-refractivity contribution in [1.29, 1.82) is 0 Å². The summed E-state index contributed by atoms with van der Waals surface area (Å²) in [6.45, 7) is 2.08. The molecule has 0 aliphatic carbocycles. The molecule has 0 bridgehead atoms. The van der Waals surface area contributed by atoms with Gasteiger partial charge in [0.25, 0.3) is 0 Å². The van der Waals surface area contributed by atoms with Crippen molar-refractivity contribution < 1.29 is 42.2 Å². The van der Waals surface area contributed by atoms with Gasteiger partial charge in [-0.15, -0.1) is 0 Å². The fraction of sp³-hybridized carbons (Fsp3) is 0.400. The van der Waals surface area contributed by atoms with E-state index >= 15 is 0 Å². The zero-order chi connectivity index (χ0) is 18.8. The average Bonchev–Trinajstić information content (AvgIpc) is 2.75. The molecule has 0 saturated heterocycles. The molecule has 29 heavy (non-hydrogen) atoms. The number of hydrogen-bond donors (Lipinski definition) is 3. The zero-order valence-corrected chi connectivity index (χ0v) is 23.2. The van der Waals surface area contributed by atoms with Gasteiger partial charge in [-0.1, -0.05) is 28.1 Å². The van der Waals surface area contributed by atoms with Crippen LogP contribution in [0.5, 0.6) is 0 Å². The molecule has 3 N–H and O–H groups in total. The summed E-state index contributed by atoms with van der Waals surface area (Å²) in [6, 6.07) is 8.18. The number of alkyl halides is 1. The van der Waals surface area contributed by atoms with Crippen molar-refractivity contribution in [3.05, 3.63) is 59.1 Å². The Morgan fingerprint density at radius 3 is 1.79 bits per heavy atom. The third kappa shape index (κ3) is 9.93. The van der Waals surface area contributed by atoms with Crippen LogP contribution in [0.2, 0.25) is 0 Å². The van der Waals surface area contributed by atoms with Crippen molar-refractivity contribution in [3.8, 4) is 0 Å². The summed E-state index contributed by atoms with van der Waals surface area (Å²) in [5.41, 5.74) is 4.45. The van der Waals surface area contributed by atoms with Crippen LogP contribution in [0.25, 0.3) is 0 Å². The van der Waals surface area contributed by atoms with Crippen LogP contribution in [-0.4, -0.2) is 28.2 Å². The Morgan fingerprint density at radius 2 is 1.34 bits per heavy atom. The topological polar surface area (TPSA) is 70.1 Å². The maximum atomic E-state index is 8.85. The second-order valence-corrected chi connectivity index (χ2v) is 6.53. The normalized spacial score (nSPS) is 12.7. The minimum Gasteiger partial charge on any atom is -0.390 e. The van der Waals surface area contributed by atoms with Crippen molar-refractivity contribution in [2.45, 2.75) is 37.6 Å². The summed E-state index contributed by atoms with van der Waals surface area (Å²) in [7, 11) is 0. The van der Waals surface area contributed by atoms with Gasteiger partial charge in [0, 0.05) is 55.5 Å². The Kier molecular flexibility index (Phi) is 19.4. The number of hydrogen-bond acceptors (Lipinski definition) is 5.